The Hall–Kier alpha value is -2.76. The molecular formula is C23H23NO5. The summed E-state index contributed by atoms with van der Waals surface area (Å²) in [7, 11) is 0. The minimum atomic E-state index is -0.579. The van der Waals surface area contributed by atoms with E-state index in [1.807, 2.05) is 19.1 Å². The summed E-state index contributed by atoms with van der Waals surface area (Å²) in [6, 6.07) is 7.04. The molecule has 150 valence electrons. The molecule has 1 aromatic rings. The monoisotopic (exact) mass is 393 g/mol. The normalized spacial score (nSPS) is 33.5. The van der Waals surface area contributed by atoms with Gasteiger partial charge in [0.25, 0.3) is 0 Å². The van der Waals surface area contributed by atoms with Crippen molar-refractivity contribution in [2.45, 2.75) is 19.8 Å². The molecule has 1 heterocycles. The van der Waals surface area contributed by atoms with Crippen LogP contribution in [-0.2, 0) is 19.1 Å². The third kappa shape index (κ3) is 2.93. The van der Waals surface area contributed by atoms with Gasteiger partial charge < -0.3 is 4.74 Å². The Kier molecular flexibility index (Phi) is 4.19. The van der Waals surface area contributed by atoms with Gasteiger partial charge in [0.15, 0.2) is 12.4 Å². The van der Waals surface area contributed by atoms with Crippen LogP contribution in [0.1, 0.15) is 28.8 Å². The zero-order valence-corrected chi connectivity index (χ0v) is 16.2. The van der Waals surface area contributed by atoms with Gasteiger partial charge in [-0.05, 0) is 37.0 Å². The second-order valence-electron chi connectivity index (χ2n) is 8.68. The van der Waals surface area contributed by atoms with Gasteiger partial charge in [-0.2, -0.15) is 0 Å². The first-order chi connectivity index (χ1) is 14.0. The van der Waals surface area contributed by atoms with Crippen molar-refractivity contribution < 1.29 is 23.9 Å². The van der Waals surface area contributed by atoms with Crippen LogP contribution in [0.25, 0.3) is 0 Å². The SMILES string of the molecule is Cc1ccc(C(=O)COC(=O)CCN2C(=O)[C@@H]3[C@@H]4C=C[C@@H]([C@H]5C[C@@H]45)[C@@H]3C2=O)cc1. The van der Waals surface area contributed by atoms with Crippen molar-refractivity contribution in [3.8, 4) is 0 Å². The summed E-state index contributed by atoms with van der Waals surface area (Å²) in [6.45, 7) is 1.61. The molecule has 6 heteroatoms. The fraction of sp³-hybridized carbons (Fsp3) is 0.478. The van der Waals surface area contributed by atoms with E-state index in [0.29, 0.717) is 17.4 Å². The number of imide groups is 1. The highest BCUT2D eigenvalue weighted by atomic mass is 16.5. The van der Waals surface area contributed by atoms with Gasteiger partial charge >= 0.3 is 5.97 Å². The zero-order chi connectivity index (χ0) is 20.3. The van der Waals surface area contributed by atoms with Crippen molar-refractivity contribution in [3.63, 3.8) is 0 Å². The summed E-state index contributed by atoms with van der Waals surface area (Å²) in [5.74, 6) is -0.181. The highest BCUT2D eigenvalue weighted by molar-refractivity contribution is 6.06. The maximum Gasteiger partial charge on any atom is 0.308 e. The first-order valence-corrected chi connectivity index (χ1v) is 10.2. The topological polar surface area (TPSA) is 80.8 Å². The van der Waals surface area contributed by atoms with Crippen LogP contribution >= 0.6 is 0 Å². The van der Waals surface area contributed by atoms with Crippen molar-refractivity contribution in [1.29, 1.82) is 0 Å². The summed E-state index contributed by atoms with van der Waals surface area (Å²) in [4.78, 5) is 51.2. The number of hydrogen-bond donors (Lipinski definition) is 0. The van der Waals surface area contributed by atoms with Gasteiger partial charge in [0, 0.05) is 12.1 Å². The lowest BCUT2D eigenvalue weighted by Crippen LogP contribution is -2.40. The second-order valence-corrected chi connectivity index (χ2v) is 8.68. The van der Waals surface area contributed by atoms with Crippen LogP contribution in [0.3, 0.4) is 0 Å². The number of allylic oxidation sites excluding steroid dienone is 2. The predicted molar refractivity (Wildman–Crippen MR) is 103 cm³/mol. The van der Waals surface area contributed by atoms with E-state index in [1.54, 1.807) is 12.1 Å². The van der Waals surface area contributed by atoms with Crippen LogP contribution in [0.5, 0.6) is 0 Å². The Balaban J connectivity index is 1.15. The molecule has 2 amide bonds. The number of amides is 2. The molecule has 0 radical (unpaired) electrons. The molecule has 1 aromatic carbocycles. The number of ketones is 1. The van der Waals surface area contributed by atoms with Crippen LogP contribution in [-0.4, -0.2) is 41.6 Å². The van der Waals surface area contributed by atoms with E-state index < -0.39 is 5.97 Å². The van der Waals surface area contributed by atoms with Crippen molar-refractivity contribution in [2.24, 2.45) is 35.5 Å². The number of likely N-dealkylation sites (tertiary alicyclic amines) is 1. The Morgan fingerprint density at radius 2 is 1.59 bits per heavy atom. The smallest absolute Gasteiger partial charge is 0.308 e. The molecular weight excluding hydrogens is 370 g/mol. The molecule has 0 N–H and O–H groups in total. The van der Waals surface area contributed by atoms with Crippen LogP contribution in [0, 0.1) is 42.4 Å². The Labute approximate surface area is 168 Å². The molecule has 2 bridgehead atoms. The van der Waals surface area contributed by atoms with Gasteiger partial charge in [-0.3, -0.25) is 24.1 Å². The Bertz CT molecular complexity index is 897. The number of Topliss-reactive ketones (excluding diaryl/α,β-unsaturated/α-hetero) is 1. The molecule has 0 aromatic heterocycles. The number of aryl methyl sites for hydroxylation is 1. The van der Waals surface area contributed by atoms with Crippen LogP contribution in [0.2, 0.25) is 0 Å². The van der Waals surface area contributed by atoms with Crippen molar-refractivity contribution in [2.75, 3.05) is 13.2 Å². The van der Waals surface area contributed by atoms with E-state index in [4.69, 9.17) is 4.74 Å². The second kappa shape index (κ2) is 6.65. The van der Waals surface area contributed by atoms with Gasteiger partial charge in [0.1, 0.15) is 0 Å². The maximum atomic E-state index is 12.9. The largest absolute Gasteiger partial charge is 0.457 e. The minimum Gasteiger partial charge on any atom is -0.457 e. The molecule has 6 rings (SSSR count). The average molecular weight is 393 g/mol. The number of carbonyl (C=O) groups excluding carboxylic acids is 4. The summed E-state index contributed by atoms with van der Waals surface area (Å²) in [5, 5.41) is 0. The molecule has 2 saturated carbocycles. The van der Waals surface area contributed by atoms with Crippen molar-refractivity contribution in [3.05, 3.63) is 47.5 Å². The number of benzene rings is 1. The predicted octanol–water partition coefficient (Wildman–Crippen LogP) is 2.16. The molecule has 4 aliphatic carbocycles. The maximum absolute atomic E-state index is 12.9. The summed E-state index contributed by atoms with van der Waals surface area (Å²) in [6.07, 6.45) is 5.28. The van der Waals surface area contributed by atoms with E-state index in [9.17, 15) is 19.2 Å². The van der Waals surface area contributed by atoms with E-state index >= 15 is 0 Å². The van der Waals surface area contributed by atoms with E-state index in [-0.39, 0.29) is 60.8 Å². The van der Waals surface area contributed by atoms with Crippen LogP contribution in [0.15, 0.2) is 36.4 Å². The fourth-order valence-electron chi connectivity index (χ4n) is 5.48. The average Bonchev–Trinajstić information content (AvgIpc) is 3.50. The molecule has 1 aliphatic heterocycles. The zero-order valence-electron chi connectivity index (χ0n) is 16.2. The summed E-state index contributed by atoms with van der Waals surface area (Å²) < 4.78 is 5.07. The van der Waals surface area contributed by atoms with Crippen molar-refractivity contribution in [1.82, 2.24) is 4.90 Å². The molecule has 3 fully saturated rings. The lowest BCUT2D eigenvalue weighted by atomic mass is 9.63. The quantitative estimate of drug-likeness (QED) is 0.320. The van der Waals surface area contributed by atoms with E-state index in [0.717, 1.165) is 12.0 Å². The van der Waals surface area contributed by atoms with E-state index in [2.05, 4.69) is 12.2 Å². The molecule has 1 saturated heterocycles. The minimum absolute atomic E-state index is 0.0248. The lowest BCUT2D eigenvalue weighted by molar-refractivity contribution is -0.145. The van der Waals surface area contributed by atoms with Crippen molar-refractivity contribution >= 4 is 23.6 Å². The number of ether oxygens (including phenoxy) is 1. The molecule has 6 nitrogen and oxygen atoms in total. The number of nitrogens with zero attached hydrogens (tertiary/aromatic N) is 1. The highest BCUT2D eigenvalue weighted by Gasteiger charge is 2.66. The van der Waals surface area contributed by atoms with Crippen LogP contribution < -0.4 is 0 Å². The van der Waals surface area contributed by atoms with Gasteiger partial charge in [-0.25, -0.2) is 0 Å². The van der Waals surface area contributed by atoms with Gasteiger partial charge in [0.05, 0.1) is 18.3 Å². The third-order valence-electron chi connectivity index (χ3n) is 7.03. The molecule has 0 spiro atoms. The number of esters is 1. The third-order valence-corrected chi connectivity index (χ3v) is 7.03. The fourth-order valence-corrected chi connectivity index (χ4v) is 5.48. The Morgan fingerprint density at radius 3 is 2.17 bits per heavy atom. The summed E-state index contributed by atoms with van der Waals surface area (Å²) >= 11 is 0. The molecule has 29 heavy (non-hydrogen) atoms. The standard InChI is InChI=1S/C23H23NO5/c1-12-2-4-13(5-3-12)18(25)11-29-19(26)8-9-24-22(27)20-14-6-7-15(17-10-16(14)17)21(20)23(24)28/h2-7,14-17,20-21H,8-11H2,1H3/t14-,15+,16+,17-,20-,21+. The number of rotatable bonds is 6. The molecule has 6 atom stereocenters. The lowest BCUT2D eigenvalue weighted by Gasteiger charge is -2.37. The molecule has 5 aliphatic rings. The molecule has 0 unspecified atom stereocenters. The van der Waals surface area contributed by atoms with Gasteiger partial charge in [0.2, 0.25) is 11.8 Å². The highest BCUT2D eigenvalue weighted by Crippen LogP contribution is 2.65. The van der Waals surface area contributed by atoms with Crippen LogP contribution in [0.4, 0.5) is 0 Å². The first-order valence-electron chi connectivity index (χ1n) is 10.2. The summed E-state index contributed by atoms with van der Waals surface area (Å²) in [5.41, 5.74) is 1.53. The van der Waals surface area contributed by atoms with Gasteiger partial charge in [-0.15, -0.1) is 0 Å². The number of carbonyl (C=O) groups is 4. The first kappa shape index (κ1) is 18.3. The van der Waals surface area contributed by atoms with E-state index in [1.165, 1.54) is 4.90 Å². The van der Waals surface area contributed by atoms with Gasteiger partial charge in [-0.1, -0.05) is 42.0 Å². The Morgan fingerprint density at radius 1 is 1.00 bits per heavy atom. The number of hydrogen-bond acceptors (Lipinski definition) is 5.